The Hall–Kier alpha value is -3.01. The van der Waals surface area contributed by atoms with Gasteiger partial charge in [0.2, 0.25) is 15.9 Å². The maximum Gasteiger partial charge on any atom is 0.254 e. The summed E-state index contributed by atoms with van der Waals surface area (Å²) in [5.41, 5.74) is 3.92. The van der Waals surface area contributed by atoms with E-state index in [0.29, 0.717) is 0 Å². The van der Waals surface area contributed by atoms with Crippen molar-refractivity contribution >= 4 is 38.9 Å². The van der Waals surface area contributed by atoms with Crippen LogP contribution < -0.4 is 10.0 Å². The minimum atomic E-state index is -3.79. The maximum absolute atomic E-state index is 12.9. The molecule has 0 fully saturated rings. The van der Waals surface area contributed by atoms with Gasteiger partial charge in [0.05, 0.1) is 11.4 Å². The highest BCUT2D eigenvalue weighted by atomic mass is 32.2. The highest BCUT2D eigenvalue weighted by Gasteiger charge is 2.20. The summed E-state index contributed by atoms with van der Waals surface area (Å²) in [4.78, 5) is 27.6. The van der Waals surface area contributed by atoms with Crippen molar-refractivity contribution in [3.63, 3.8) is 0 Å². The predicted octanol–water partition coefficient (Wildman–Crippen LogP) is 3.86. The molecule has 0 bridgehead atoms. The summed E-state index contributed by atoms with van der Waals surface area (Å²) in [7, 11) is -2.28. The summed E-state index contributed by atoms with van der Waals surface area (Å²) in [6.07, 6.45) is 0. The molecule has 1 heterocycles. The highest BCUT2D eigenvalue weighted by molar-refractivity contribution is 7.89. The van der Waals surface area contributed by atoms with E-state index in [-0.39, 0.29) is 29.5 Å². The third-order valence-electron chi connectivity index (χ3n) is 5.08. The lowest BCUT2D eigenvalue weighted by Gasteiger charge is -2.19. The summed E-state index contributed by atoms with van der Waals surface area (Å²) in [5.74, 6) is -0.778. The Morgan fingerprint density at radius 1 is 1.00 bits per heavy atom. The van der Waals surface area contributed by atoms with E-state index in [1.54, 1.807) is 0 Å². The van der Waals surface area contributed by atoms with E-state index in [1.807, 2.05) is 50.4 Å². The van der Waals surface area contributed by atoms with Crippen LogP contribution in [0, 0.1) is 20.8 Å². The van der Waals surface area contributed by atoms with Gasteiger partial charge in [-0.25, -0.2) is 13.1 Å². The zero-order chi connectivity index (χ0) is 24.2. The van der Waals surface area contributed by atoms with Crippen LogP contribution in [-0.4, -0.2) is 38.7 Å². The molecule has 0 saturated carbocycles. The van der Waals surface area contributed by atoms with Crippen LogP contribution >= 0.6 is 11.3 Å². The number of carbonyl (C=O) groups is 2. The van der Waals surface area contributed by atoms with E-state index in [1.165, 1.54) is 47.5 Å². The smallest absolute Gasteiger partial charge is 0.254 e. The molecule has 2 N–H and O–H groups in total. The number of amides is 2. The molecule has 0 aliphatic carbocycles. The fourth-order valence-electron chi connectivity index (χ4n) is 3.52. The molecule has 0 radical (unpaired) electrons. The zero-order valence-electron chi connectivity index (χ0n) is 19.0. The second-order valence-electron chi connectivity index (χ2n) is 7.91. The summed E-state index contributed by atoms with van der Waals surface area (Å²) in [5, 5.41) is 4.74. The van der Waals surface area contributed by atoms with Crippen molar-refractivity contribution in [2.45, 2.75) is 32.2 Å². The van der Waals surface area contributed by atoms with Crippen molar-refractivity contribution in [3.05, 3.63) is 81.0 Å². The second kappa shape index (κ2) is 10.3. The predicted molar refractivity (Wildman–Crippen MR) is 131 cm³/mol. The van der Waals surface area contributed by atoms with Crippen molar-refractivity contribution in [3.8, 4) is 0 Å². The summed E-state index contributed by atoms with van der Waals surface area (Å²) in [6, 6.07) is 13.5. The first-order valence-corrected chi connectivity index (χ1v) is 12.7. The normalized spacial score (nSPS) is 11.3. The monoisotopic (exact) mass is 485 g/mol. The van der Waals surface area contributed by atoms with Gasteiger partial charge in [0.1, 0.15) is 0 Å². The van der Waals surface area contributed by atoms with Crippen LogP contribution in [0.3, 0.4) is 0 Å². The molecule has 1 aromatic heterocycles. The number of benzene rings is 2. The quantitative estimate of drug-likeness (QED) is 0.506. The third kappa shape index (κ3) is 6.28. The molecule has 33 heavy (non-hydrogen) atoms. The largest absolute Gasteiger partial charge is 0.332 e. The number of thiophene rings is 1. The molecule has 9 heteroatoms. The number of carbonyl (C=O) groups excluding carboxylic acids is 2. The number of hydrogen-bond acceptors (Lipinski definition) is 5. The molecule has 0 saturated heterocycles. The number of nitrogens with one attached hydrogen (secondary N) is 2. The minimum Gasteiger partial charge on any atom is -0.332 e. The van der Waals surface area contributed by atoms with Gasteiger partial charge >= 0.3 is 0 Å². The number of anilines is 1. The molecule has 2 amide bonds. The van der Waals surface area contributed by atoms with Crippen LogP contribution in [0.15, 0.2) is 58.8 Å². The molecule has 0 aliphatic rings. The molecule has 3 aromatic rings. The Morgan fingerprint density at radius 2 is 1.70 bits per heavy atom. The lowest BCUT2D eigenvalue weighted by atomic mass is 10.1. The van der Waals surface area contributed by atoms with Crippen LogP contribution in [0.5, 0.6) is 0 Å². The molecule has 0 aliphatic heterocycles. The minimum absolute atomic E-state index is 0.00587. The SMILES string of the molecule is Cc1cc(C)c(NC(=O)CN(C)C(=O)c2cccc(S(=O)(=O)NCc3cccs3)c2)c(C)c1. The van der Waals surface area contributed by atoms with Crippen LogP contribution in [0.2, 0.25) is 0 Å². The average molecular weight is 486 g/mol. The fourth-order valence-corrected chi connectivity index (χ4v) is 5.31. The van der Waals surface area contributed by atoms with Crippen LogP contribution in [0.1, 0.15) is 31.9 Å². The zero-order valence-corrected chi connectivity index (χ0v) is 20.6. The third-order valence-corrected chi connectivity index (χ3v) is 7.35. The molecule has 0 atom stereocenters. The van der Waals surface area contributed by atoms with Gasteiger partial charge in [0.15, 0.2) is 0 Å². The summed E-state index contributed by atoms with van der Waals surface area (Å²) in [6.45, 7) is 5.84. The number of nitrogens with zero attached hydrogens (tertiary/aromatic N) is 1. The van der Waals surface area contributed by atoms with Crippen molar-refractivity contribution in [2.24, 2.45) is 0 Å². The number of rotatable bonds is 8. The fraction of sp³-hybridized carbons (Fsp3) is 0.250. The molecule has 0 spiro atoms. The number of sulfonamides is 1. The molecule has 174 valence electrons. The van der Waals surface area contributed by atoms with E-state index < -0.39 is 15.9 Å². The van der Waals surface area contributed by atoms with Crippen molar-refractivity contribution in [2.75, 3.05) is 18.9 Å². The molecule has 2 aromatic carbocycles. The molecule has 7 nitrogen and oxygen atoms in total. The van der Waals surface area contributed by atoms with Gasteiger partial charge < -0.3 is 10.2 Å². The first-order chi connectivity index (χ1) is 15.6. The summed E-state index contributed by atoms with van der Waals surface area (Å²) < 4.78 is 27.8. The van der Waals surface area contributed by atoms with Crippen molar-refractivity contribution in [1.82, 2.24) is 9.62 Å². The Labute approximate surface area is 198 Å². The highest BCUT2D eigenvalue weighted by Crippen LogP contribution is 2.22. The molecule has 0 unspecified atom stereocenters. The summed E-state index contributed by atoms with van der Waals surface area (Å²) >= 11 is 1.45. The van der Waals surface area contributed by atoms with Gasteiger partial charge in [-0.3, -0.25) is 9.59 Å². The van der Waals surface area contributed by atoms with Gasteiger partial charge in [-0.05, 0) is 61.5 Å². The van der Waals surface area contributed by atoms with E-state index >= 15 is 0 Å². The standard InChI is InChI=1S/C24H27N3O4S2/c1-16-11-17(2)23(18(3)12-16)26-22(28)15-27(4)24(29)19-7-5-9-21(13-19)33(30,31)25-14-20-8-6-10-32-20/h5-13,25H,14-15H2,1-4H3,(H,26,28). The number of likely N-dealkylation sites (N-methyl/N-ethyl adjacent to an activating group) is 1. The van der Waals surface area contributed by atoms with Crippen molar-refractivity contribution in [1.29, 1.82) is 0 Å². The lowest BCUT2D eigenvalue weighted by Crippen LogP contribution is -2.35. The van der Waals surface area contributed by atoms with Crippen molar-refractivity contribution < 1.29 is 18.0 Å². The van der Waals surface area contributed by atoms with E-state index in [4.69, 9.17) is 0 Å². The Bertz CT molecular complexity index is 1250. The Balaban J connectivity index is 1.67. The van der Waals surface area contributed by atoms with E-state index in [2.05, 4.69) is 10.0 Å². The van der Waals surface area contributed by atoms with Gasteiger partial charge in [-0.2, -0.15) is 0 Å². The number of aryl methyl sites for hydroxylation is 3. The van der Waals surface area contributed by atoms with E-state index in [9.17, 15) is 18.0 Å². The average Bonchev–Trinajstić information content (AvgIpc) is 3.28. The van der Waals surface area contributed by atoms with Gasteiger partial charge in [0.25, 0.3) is 5.91 Å². The molecular formula is C24H27N3O4S2. The first kappa shape index (κ1) is 24.6. The number of hydrogen-bond donors (Lipinski definition) is 2. The molecule has 3 rings (SSSR count). The first-order valence-electron chi connectivity index (χ1n) is 10.3. The Kier molecular flexibility index (Phi) is 7.68. The van der Waals surface area contributed by atoms with Crippen LogP contribution in [-0.2, 0) is 21.4 Å². The Morgan fingerprint density at radius 3 is 2.33 bits per heavy atom. The molecular weight excluding hydrogens is 458 g/mol. The van der Waals surface area contributed by atoms with Gasteiger partial charge in [-0.15, -0.1) is 11.3 Å². The van der Waals surface area contributed by atoms with Gasteiger partial charge in [-0.1, -0.05) is 29.8 Å². The topological polar surface area (TPSA) is 95.6 Å². The van der Waals surface area contributed by atoms with Gasteiger partial charge in [0, 0.05) is 29.7 Å². The maximum atomic E-state index is 12.9. The lowest BCUT2D eigenvalue weighted by molar-refractivity contribution is -0.116. The second-order valence-corrected chi connectivity index (χ2v) is 10.7. The van der Waals surface area contributed by atoms with Crippen LogP contribution in [0.25, 0.3) is 0 Å². The van der Waals surface area contributed by atoms with E-state index in [0.717, 1.165) is 27.3 Å². The van der Waals surface area contributed by atoms with Crippen LogP contribution in [0.4, 0.5) is 5.69 Å².